The second kappa shape index (κ2) is 16.8. The Morgan fingerprint density at radius 2 is 1.95 bits per heavy atom. The summed E-state index contributed by atoms with van der Waals surface area (Å²) >= 11 is 0. The maximum absolute atomic E-state index is 13.9. The maximum Gasteiger partial charge on any atom is 0.290 e. The number of amides is 1. The number of carbonyl (C=O) groups is 1. The first kappa shape index (κ1) is 32.1. The van der Waals surface area contributed by atoms with Crippen LogP contribution in [0.3, 0.4) is 0 Å². The molecule has 0 saturated heterocycles. The van der Waals surface area contributed by atoms with Crippen LogP contribution in [0.2, 0.25) is 0 Å². The van der Waals surface area contributed by atoms with Crippen molar-refractivity contribution in [2.24, 2.45) is 4.99 Å². The number of H-pyrrole nitrogens is 1. The lowest BCUT2D eigenvalue weighted by Crippen LogP contribution is -2.44. The molecule has 0 aliphatic carbocycles. The van der Waals surface area contributed by atoms with Crippen LogP contribution in [0.1, 0.15) is 84.7 Å². The molecule has 2 rings (SSSR count). The number of nitrogens with one attached hydrogen (secondary N) is 3. The van der Waals surface area contributed by atoms with E-state index in [2.05, 4.69) is 28.0 Å². The Balaban J connectivity index is 2.39. The molecule has 0 spiro atoms. The summed E-state index contributed by atoms with van der Waals surface area (Å²) in [5.74, 6) is -0.472. The molecule has 0 aromatic carbocycles. The number of aliphatic imine (C=N–C) groups is 1. The summed E-state index contributed by atoms with van der Waals surface area (Å²) in [4.78, 5) is 27.4. The predicted octanol–water partition coefficient (Wildman–Crippen LogP) is 7.33. The predicted molar refractivity (Wildman–Crippen MR) is 165 cm³/mol. The van der Waals surface area contributed by atoms with Crippen molar-refractivity contribution in [2.45, 2.75) is 79.7 Å². The fourth-order valence-electron chi connectivity index (χ4n) is 4.14. The van der Waals surface area contributed by atoms with Crippen molar-refractivity contribution in [3.63, 3.8) is 0 Å². The molecular weight excluding hydrogens is 500 g/mol. The normalized spacial score (nSPS) is 17.2. The average molecular weight is 545 g/mol. The highest BCUT2D eigenvalue weighted by Crippen LogP contribution is 2.31. The zero-order chi connectivity index (χ0) is 29.5. The number of fused-ring (bicyclic) bond motifs is 1. The van der Waals surface area contributed by atoms with Gasteiger partial charge in [0.25, 0.3) is 5.91 Å². The van der Waals surface area contributed by atoms with E-state index in [1.54, 1.807) is 41.9 Å². The minimum Gasteiger partial charge on any atom is -0.433 e. The number of aromatic nitrogens is 2. The molecule has 2 heterocycles. The third kappa shape index (κ3) is 9.00. The Morgan fingerprint density at radius 3 is 2.62 bits per heavy atom. The van der Waals surface area contributed by atoms with Gasteiger partial charge in [0.2, 0.25) is 5.90 Å². The van der Waals surface area contributed by atoms with Crippen LogP contribution >= 0.6 is 0 Å². The topological polar surface area (TPSA) is 118 Å². The molecule has 1 aromatic heterocycles. The van der Waals surface area contributed by atoms with Gasteiger partial charge in [0.15, 0.2) is 5.76 Å². The smallest absolute Gasteiger partial charge is 0.290 e. The summed E-state index contributed by atoms with van der Waals surface area (Å²) in [5, 5.41) is 17.6. The van der Waals surface area contributed by atoms with E-state index in [-0.39, 0.29) is 23.3 Å². The van der Waals surface area contributed by atoms with Crippen molar-refractivity contribution in [2.75, 3.05) is 6.54 Å². The lowest BCUT2D eigenvalue weighted by atomic mass is 9.95. The highest BCUT2D eigenvalue weighted by Gasteiger charge is 2.37. The van der Waals surface area contributed by atoms with E-state index in [4.69, 9.17) is 15.6 Å². The molecule has 8 nitrogen and oxygen atoms in total. The number of hydrogen-bond donors (Lipinski definition) is 3. The molecule has 0 radical (unpaired) electrons. The van der Waals surface area contributed by atoms with Crippen LogP contribution < -0.4 is 0 Å². The van der Waals surface area contributed by atoms with Crippen LogP contribution in [0.25, 0.3) is 0 Å². The van der Waals surface area contributed by atoms with Crippen molar-refractivity contribution >= 4 is 23.7 Å². The second-order valence-corrected chi connectivity index (χ2v) is 9.50. The van der Waals surface area contributed by atoms with Gasteiger partial charge in [-0.1, -0.05) is 57.6 Å². The number of ether oxygens (including phenoxy) is 1. The third-order valence-corrected chi connectivity index (χ3v) is 6.36. The molecule has 1 aliphatic heterocycles. The lowest BCUT2D eigenvalue weighted by Gasteiger charge is -2.35. The van der Waals surface area contributed by atoms with Gasteiger partial charge in [-0.2, -0.15) is 0 Å². The number of carbonyl (C=O) groups excluding carboxylic acids is 1. The van der Waals surface area contributed by atoms with Crippen LogP contribution in [0.5, 0.6) is 0 Å². The van der Waals surface area contributed by atoms with Gasteiger partial charge < -0.3 is 20.0 Å². The van der Waals surface area contributed by atoms with Gasteiger partial charge in [0, 0.05) is 31.1 Å². The Hall–Kier alpha value is -4.07. The lowest BCUT2D eigenvalue weighted by molar-refractivity contribution is -0.131. The van der Waals surface area contributed by atoms with E-state index in [1.807, 2.05) is 52.8 Å². The van der Waals surface area contributed by atoms with Gasteiger partial charge in [-0.3, -0.25) is 15.2 Å². The largest absolute Gasteiger partial charge is 0.433 e. The molecule has 3 N–H and O–H groups in total. The summed E-state index contributed by atoms with van der Waals surface area (Å²) in [6.45, 7) is 12.3. The molecule has 0 fully saturated rings. The van der Waals surface area contributed by atoms with Gasteiger partial charge >= 0.3 is 0 Å². The molecule has 1 aromatic rings. The molecule has 1 atom stereocenters. The Morgan fingerprint density at radius 1 is 1.20 bits per heavy atom. The van der Waals surface area contributed by atoms with E-state index in [9.17, 15) is 4.79 Å². The first-order chi connectivity index (χ1) is 19.3. The Kier molecular flexibility index (Phi) is 13.5. The number of allylic oxidation sites excluding steroid dienone is 8. The minimum atomic E-state index is -0.680. The summed E-state index contributed by atoms with van der Waals surface area (Å²) in [7, 11) is 0. The molecule has 1 unspecified atom stereocenters. The maximum atomic E-state index is 13.9. The monoisotopic (exact) mass is 544 g/mol. The number of imidazole rings is 1. The quantitative estimate of drug-likeness (QED) is 0.0793. The van der Waals surface area contributed by atoms with Crippen LogP contribution in [-0.2, 0) is 16.0 Å². The standard InChI is InChI=1S/C32H44N6O2/c1-7-11-12-13-16-23(5)24(6)20-26(33)30-29-27(36-22-37-29)17-19-38(30)32(39)28(15-9-3)40-31(34)25(14-8-2)21-35-18-10-4/h10,12-16,18,20-22,30,33-34H,7-9,11,17,19H2,1-6H3,(H,36,37)/b13-12-,18-10-,23-16-,24-20+,25-14+,28-15+,33-26?,34-31?,35-21+. The summed E-state index contributed by atoms with van der Waals surface area (Å²) in [6.07, 6.45) is 22.1. The molecule has 8 heteroatoms. The van der Waals surface area contributed by atoms with Crippen molar-refractivity contribution in [1.29, 1.82) is 10.8 Å². The number of aromatic amines is 1. The van der Waals surface area contributed by atoms with Crippen LogP contribution in [0.15, 0.2) is 82.5 Å². The second-order valence-electron chi connectivity index (χ2n) is 9.50. The summed E-state index contributed by atoms with van der Waals surface area (Å²) < 4.78 is 5.87. The van der Waals surface area contributed by atoms with Crippen LogP contribution in [-0.4, -0.2) is 45.1 Å². The van der Waals surface area contributed by atoms with Crippen molar-refractivity contribution in [3.05, 3.63) is 88.9 Å². The van der Waals surface area contributed by atoms with E-state index in [0.717, 1.165) is 29.7 Å². The summed E-state index contributed by atoms with van der Waals surface area (Å²) in [5.41, 5.74) is 4.32. The Labute approximate surface area is 239 Å². The van der Waals surface area contributed by atoms with Gasteiger partial charge in [0.05, 0.1) is 23.3 Å². The molecule has 0 bridgehead atoms. The van der Waals surface area contributed by atoms with E-state index in [1.165, 1.54) is 0 Å². The molecule has 40 heavy (non-hydrogen) atoms. The van der Waals surface area contributed by atoms with Crippen LogP contribution in [0.4, 0.5) is 0 Å². The van der Waals surface area contributed by atoms with Gasteiger partial charge in [0.1, 0.15) is 6.04 Å². The van der Waals surface area contributed by atoms with E-state index < -0.39 is 6.04 Å². The average Bonchev–Trinajstić information content (AvgIpc) is 3.42. The minimum absolute atomic E-state index is 0.0589. The van der Waals surface area contributed by atoms with E-state index in [0.29, 0.717) is 37.1 Å². The first-order valence-electron chi connectivity index (χ1n) is 14.0. The first-order valence-corrected chi connectivity index (χ1v) is 14.0. The fourth-order valence-corrected chi connectivity index (χ4v) is 4.14. The number of rotatable bonds is 13. The number of nitrogens with zero attached hydrogens (tertiary/aromatic N) is 3. The van der Waals surface area contributed by atoms with Crippen molar-refractivity contribution in [3.8, 4) is 0 Å². The molecule has 1 aliphatic rings. The highest BCUT2D eigenvalue weighted by atomic mass is 16.5. The highest BCUT2D eigenvalue weighted by molar-refractivity contribution is 6.12. The van der Waals surface area contributed by atoms with Gasteiger partial charge in [-0.05, 0) is 63.3 Å². The zero-order valence-corrected chi connectivity index (χ0v) is 24.8. The molecule has 0 saturated carbocycles. The van der Waals surface area contributed by atoms with E-state index >= 15 is 0 Å². The fraction of sp³-hybridized carbons (Fsp3) is 0.406. The van der Waals surface area contributed by atoms with Gasteiger partial charge in [-0.25, -0.2) is 4.98 Å². The zero-order valence-electron chi connectivity index (χ0n) is 24.8. The van der Waals surface area contributed by atoms with Crippen molar-refractivity contribution in [1.82, 2.24) is 14.9 Å². The van der Waals surface area contributed by atoms with Crippen molar-refractivity contribution < 1.29 is 9.53 Å². The molecule has 1 amide bonds. The molecular formula is C32H44N6O2. The van der Waals surface area contributed by atoms with Crippen LogP contribution in [0, 0.1) is 10.8 Å². The number of hydrogen-bond acceptors (Lipinski definition) is 6. The third-order valence-electron chi connectivity index (χ3n) is 6.36. The van der Waals surface area contributed by atoms with Gasteiger partial charge in [-0.15, -0.1) is 0 Å². The SMILES string of the molecule is C\C=C/N=C/C(=C\CC)C(=N)O/C(=C/CC)C(=O)N1CCc2[nH]cnc2C1C(=N)/C=C(C)/C(C)=C\C=C/CCC. The summed E-state index contributed by atoms with van der Waals surface area (Å²) in [6, 6.07) is -0.680. The Bertz CT molecular complexity index is 1260. The number of unbranched alkanes of at least 4 members (excludes halogenated alkanes) is 1. The molecule has 214 valence electrons.